The van der Waals surface area contributed by atoms with Gasteiger partial charge in [-0.15, -0.1) is 0 Å². The van der Waals surface area contributed by atoms with Gasteiger partial charge in [-0.1, -0.05) is 396 Å². The number of amides is 1. The van der Waals surface area contributed by atoms with E-state index in [4.69, 9.17) is 4.74 Å². The van der Waals surface area contributed by atoms with Gasteiger partial charge in [0.1, 0.15) is 0 Å². The molecular formula is C84H159NO5. The van der Waals surface area contributed by atoms with E-state index in [0.29, 0.717) is 19.4 Å². The van der Waals surface area contributed by atoms with Crippen LogP contribution in [-0.4, -0.2) is 47.4 Å². The summed E-state index contributed by atoms with van der Waals surface area (Å²) in [6.07, 6.45) is 105. The number of carbonyl (C=O) groups is 2. The zero-order chi connectivity index (χ0) is 64.9. The van der Waals surface area contributed by atoms with Crippen LogP contribution >= 0.6 is 0 Å². The molecule has 0 bridgehead atoms. The number of rotatable bonds is 77. The molecule has 0 aromatic rings. The van der Waals surface area contributed by atoms with E-state index in [-0.39, 0.29) is 18.5 Å². The van der Waals surface area contributed by atoms with Gasteiger partial charge in [0.2, 0.25) is 5.91 Å². The van der Waals surface area contributed by atoms with E-state index < -0.39 is 12.1 Å². The number of allylic oxidation sites excluding steroid dienone is 7. The van der Waals surface area contributed by atoms with Crippen LogP contribution < -0.4 is 5.32 Å². The number of hydrogen-bond acceptors (Lipinski definition) is 5. The summed E-state index contributed by atoms with van der Waals surface area (Å²) in [5.74, 6) is -0.0508. The molecule has 1 amide bonds. The van der Waals surface area contributed by atoms with Crippen molar-refractivity contribution in [3.8, 4) is 0 Å². The second-order valence-electron chi connectivity index (χ2n) is 28.1. The molecule has 0 aliphatic heterocycles. The minimum absolute atomic E-state index is 0.0102. The van der Waals surface area contributed by atoms with Gasteiger partial charge in [-0.25, -0.2) is 0 Å². The predicted octanol–water partition coefficient (Wildman–Crippen LogP) is 27.2. The second-order valence-corrected chi connectivity index (χ2v) is 28.1. The Balaban J connectivity index is 3.39. The number of unbranched alkanes of at least 4 members (excludes halogenated alkanes) is 60. The van der Waals surface area contributed by atoms with Gasteiger partial charge >= 0.3 is 5.97 Å². The van der Waals surface area contributed by atoms with Gasteiger partial charge in [0, 0.05) is 12.8 Å². The van der Waals surface area contributed by atoms with Gasteiger partial charge in [-0.3, -0.25) is 9.59 Å². The fourth-order valence-corrected chi connectivity index (χ4v) is 12.8. The van der Waals surface area contributed by atoms with E-state index in [2.05, 4.69) is 55.6 Å². The van der Waals surface area contributed by atoms with Crippen molar-refractivity contribution in [2.45, 2.75) is 463 Å². The molecule has 0 heterocycles. The highest BCUT2D eigenvalue weighted by atomic mass is 16.5. The van der Waals surface area contributed by atoms with Gasteiger partial charge in [-0.2, -0.15) is 0 Å². The Morgan fingerprint density at radius 3 is 0.878 bits per heavy atom. The maximum Gasteiger partial charge on any atom is 0.305 e. The van der Waals surface area contributed by atoms with E-state index in [9.17, 15) is 19.8 Å². The molecule has 0 radical (unpaired) electrons. The highest BCUT2D eigenvalue weighted by Crippen LogP contribution is 2.20. The third-order valence-corrected chi connectivity index (χ3v) is 19.1. The monoisotopic (exact) mass is 1260 g/mol. The third kappa shape index (κ3) is 74.9. The van der Waals surface area contributed by atoms with Gasteiger partial charge in [0.25, 0.3) is 0 Å². The lowest BCUT2D eigenvalue weighted by Crippen LogP contribution is -2.45. The quantitative estimate of drug-likeness (QED) is 0.0320. The topological polar surface area (TPSA) is 95.9 Å². The van der Waals surface area contributed by atoms with Gasteiger partial charge < -0.3 is 20.3 Å². The first kappa shape index (κ1) is 87.8. The van der Waals surface area contributed by atoms with Crippen molar-refractivity contribution < 1.29 is 24.5 Å². The SMILES string of the molecule is CCCCC/C=C\C/C=C\CCCCCCCCCC(=O)OCCCCCCCCCCCCCC/C=C\CCCCCCCCCCCCCCCCCC(=O)NC(CO)C(O)/C=C/CCCCCCCCCCCCCCCCCCCCCCCCC. The molecule has 530 valence electrons. The van der Waals surface area contributed by atoms with Crippen LogP contribution in [0.25, 0.3) is 0 Å². The van der Waals surface area contributed by atoms with E-state index in [1.54, 1.807) is 6.08 Å². The van der Waals surface area contributed by atoms with Gasteiger partial charge in [-0.05, 0) is 89.9 Å². The molecule has 6 heteroatoms. The Kier molecular flexibility index (Phi) is 77.3. The highest BCUT2D eigenvalue weighted by Gasteiger charge is 2.18. The van der Waals surface area contributed by atoms with Gasteiger partial charge in [0.15, 0.2) is 0 Å². The fraction of sp³-hybridized carbons (Fsp3) is 0.881. The lowest BCUT2D eigenvalue weighted by atomic mass is 10.0. The van der Waals surface area contributed by atoms with Crippen LogP contribution in [0.15, 0.2) is 48.6 Å². The molecular weight excluding hydrogens is 1100 g/mol. The molecule has 0 fully saturated rings. The van der Waals surface area contributed by atoms with Crippen molar-refractivity contribution >= 4 is 11.9 Å². The van der Waals surface area contributed by atoms with Crippen molar-refractivity contribution in [1.82, 2.24) is 5.32 Å². The predicted molar refractivity (Wildman–Crippen MR) is 398 cm³/mol. The number of nitrogens with one attached hydrogen (secondary N) is 1. The van der Waals surface area contributed by atoms with E-state index in [0.717, 1.165) is 51.4 Å². The molecule has 0 aromatic carbocycles. The minimum Gasteiger partial charge on any atom is -0.466 e. The molecule has 3 N–H and O–H groups in total. The number of esters is 1. The smallest absolute Gasteiger partial charge is 0.305 e. The molecule has 0 saturated heterocycles. The number of aliphatic hydroxyl groups is 2. The van der Waals surface area contributed by atoms with Crippen molar-refractivity contribution in [2.75, 3.05) is 13.2 Å². The Hall–Kier alpha value is -2.18. The zero-order valence-electron chi connectivity index (χ0n) is 60.9. The van der Waals surface area contributed by atoms with Crippen LogP contribution in [0.3, 0.4) is 0 Å². The summed E-state index contributed by atoms with van der Waals surface area (Å²) in [4.78, 5) is 24.7. The maximum atomic E-state index is 12.6. The molecule has 0 spiro atoms. The standard InChI is InChI=1S/C84H159NO5/c1-3-5-7-9-11-13-15-17-19-21-22-23-24-32-35-38-41-45-48-52-56-60-64-68-72-76-82(87)81(80-86)85-83(88)77-73-69-65-61-57-53-49-46-42-39-36-33-30-28-26-25-27-29-31-34-37-40-43-47-51-55-59-63-67-71-75-79-90-84(89)78-74-70-66-62-58-54-50-44-20-18-16-14-12-10-8-6-4-2/h12,14,18,20,27,29,72,76,81-82,86-87H,3-11,13,15-17,19,21-26,28,30-71,73-75,77-80H2,1-2H3,(H,85,88)/b14-12-,20-18-,29-27-,76-72+. The molecule has 0 rings (SSSR count). The fourth-order valence-electron chi connectivity index (χ4n) is 12.8. The second kappa shape index (κ2) is 79.3. The summed E-state index contributed by atoms with van der Waals surface area (Å²) >= 11 is 0. The van der Waals surface area contributed by atoms with Crippen molar-refractivity contribution in [2.24, 2.45) is 0 Å². The summed E-state index contributed by atoms with van der Waals surface area (Å²) in [5, 5.41) is 23.3. The molecule has 0 aromatic heterocycles. The maximum absolute atomic E-state index is 12.6. The van der Waals surface area contributed by atoms with Crippen LogP contribution in [0.1, 0.15) is 450 Å². The normalized spacial score (nSPS) is 12.7. The first-order valence-electron chi connectivity index (χ1n) is 40.9. The highest BCUT2D eigenvalue weighted by molar-refractivity contribution is 5.76. The van der Waals surface area contributed by atoms with Crippen LogP contribution in [0.4, 0.5) is 0 Å². The van der Waals surface area contributed by atoms with Crippen molar-refractivity contribution in [1.29, 1.82) is 0 Å². The average Bonchev–Trinajstić information content (AvgIpc) is 3.69. The largest absolute Gasteiger partial charge is 0.466 e. The Morgan fingerprint density at radius 1 is 0.311 bits per heavy atom. The Labute approximate surface area is 563 Å². The number of aliphatic hydroxyl groups excluding tert-OH is 2. The number of carbonyl (C=O) groups excluding carboxylic acids is 2. The molecule has 2 unspecified atom stereocenters. The molecule has 0 aliphatic rings. The first-order valence-corrected chi connectivity index (χ1v) is 40.9. The number of ether oxygens (including phenoxy) is 1. The number of hydrogen-bond donors (Lipinski definition) is 3. The minimum atomic E-state index is -0.845. The summed E-state index contributed by atoms with van der Waals surface area (Å²) in [6, 6.07) is -0.629. The van der Waals surface area contributed by atoms with Gasteiger partial charge in [0.05, 0.1) is 25.4 Å². The van der Waals surface area contributed by atoms with Crippen LogP contribution in [0.2, 0.25) is 0 Å². The van der Waals surface area contributed by atoms with E-state index >= 15 is 0 Å². The van der Waals surface area contributed by atoms with Crippen LogP contribution in [0, 0.1) is 0 Å². The van der Waals surface area contributed by atoms with Crippen molar-refractivity contribution in [3.05, 3.63) is 48.6 Å². The van der Waals surface area contributed by atoms with E-state index in [1.165, 1.54) is 372 Å². The van der Waals surface area contributed by atoms with Crippen LogP contribution in [0.5, 0.6) is 0 Å². The summed E-state index contributed by atoms with van der Waals surface area (Å²) < 4.78 is 5.50. The molecule has 90 heavy (non-hydrogen) atoms. The summed E-state index contributed by atoms with van der Waals surface area (Å²) in [6.45, 7) is 4.92. The van der Waals surface area contributed by atoms with Crippen LogP contribution in [-0.2, 0) is 14.3 Å². The molecule has 0 aliphatic carbocycles. The zero-order valence-corrected chi connectivity index (χ0v) is 60.9. The average molecular weight is 1260 g/mol. The Morgan fingerprint density at radius 2 is 0.556 bits per heavy atom. The lowest BCUT2D eigenvalue weighted by molar-refractivity contribution is -0.143. The third-order valence-electron chi connectivity index (χ3n) is 19.1. The van der Waals surface area contributed by atoms with Crippen molar-refractivity contribution in [3.63, 3.8) is 0 Å². The summed E-state index contributed by atoms with van der Waals surface area (Å²) in [5.41, 5.74) is 0. The molecule has 2 atom stereocenters. The first-order chi connectivity index (χ1) is 44.5. The molecule has 6 nitrogen and oxygen atoms in total. The lowest BCUT2D eigenvalue weighted by Gasteiger charge is -2.20. The Bertz CT molecular complexity index is 1500. The summed E-state index contributed by atoms with van der Waals surface area (Å²) in [7, 11) is 0. The molecule has 0 saturated carbocycles. The van der Waals surface area contributed by atoms with E-state index in [1.807, 2.05) is 6.08 Å².